The van der Waals surface area contributed by atoms with Crippen molar-refractivity contribution in [2.45, 2.75) is 0 Å². The summed E-state index contributed by atoms with van der Waals surface area (Å²) in [4.78, 5) is 18.7. The number of carbonyl (C=O) groups is 1. The number of aromatic nitrogens is 4. The molecule has 0 aliphatic heterocycles. The monoisotopic (exact) mass is 258 g/mol. The zero-order valence-electron chi connectivity index (χ0n) is 9.49. The van der Waals surface area contributed by atoms with E-state index in [-0.39, 0.29) is 22.7 Å². The second-order valence-corrected chi connectivity index (χ2v) is 3.78. The van der Waals surface area contributed by atoms with Gasteiger partial charge in [0.25, 0.3) is 5.78 Å². The molecule has 7 heteroatoms. The summed E-state index contributed by atoms with van der Waals surface area (Å²) in [6.45, 7) is 0. The van der Waals surface area contributed by atoms with Gasteiger partial charge in [0.2, 0.25) is 0 Å². The number of fused-ring (bicyclic) bond motifs is 1. The van der Waals surface area contributed by atoms with Crippen LogP contribution in [0.3, 0.4) is 0 Å². The molecule has 94 valence electrons. The lowest BCUT2D eigenvalue weighted by molar-refractivity contribution is 0.0690. The first-order valence-corrected chi connectivity index (χ1v) is 5.36. The zero-order valence-corrected chi connectivity index (χ0v) is 9.49. The predicted octanol–water partition coefficient (Wildman–Crippen LogP) is 1.63. The molecule has 0 bridgehead atoms. The van der Waals surface area contributed by atoms with Gasteiger partial charge < -0.3 is 5.11 Å². The molecule has 0 unspecified atom stereocenters. The summed E-state index contributed by atoms with van der Waals surface area (Å²) in [5.41, 5.74) is 0.319. The minimum atomic E-state index is -1.21. The van der Waals surface area contributed by atoms with E-state index in [1.54, 1.807) is 12.1 Å². The molecule has 0 amide bonds. The van der Waals surface area contributed by atoms with Crippen LogP contribution in [0, 0.1) is 5.82 Å². The van der Waals surface area contributed by atoms with Crippen LogP contribution in [0.25, 0.3) is 17.0 Å². The average Bonchev–Trinajstić information content (AvgIpc) is 2.86. The standard InChI is InChI=1S/C12H7FN4O2/c13-8-4-2-1-3-7(8)10-5-9(11(18)19)16-12-14-6-15-17(10)12/h1-6H,(H,18,19). The molecule has 0 aliphatic rings. The maximum absolute atomic E-state index is 13.8. The van der Waals surface area contributed by atoms with Crippen molar-refractivity contribution in [2.24, 2.45) is 0 Å². The number of carboxylic acids is 1. The highest BCUT2D eigenvalue weighted by atomic mass is 19.1. The molecule has 2 heterocycles. The highest BCUT2D eigenvalue weighted by Crippen LogP contribution is 2.23. The molecule has 1 aromatic carbocycles. The van der Waals surface area contributed by atoms with E-state index in [2.05, 4.69) is 15.1 Å². The number of halogens is 1. The lowest BCUT2D eigenvalue weighted by Gasteiger charge is -2.06. The van der Waals surface area contributed by atoms with Crippen molar-refractivity contribution < 1.29 is 14.3 Å². The van der Waals surface area contributed by atoms with E-state index in [4.69, 9.17) is 5.11 Å². The van der Waals surface area contributed by atoms with Crippen LogP contribution >= 0.6 is 0 Å². The lowest BCUT2D eigenvalue weighted by atomic mass is 10.1. The first kappa shape index (κ1) is 11.3. The molecule has 6 nitrogen and oxygen atoms in total. The Hall–Kier alpha value is -2.83. The maximum Gasteiger partial charge on any atom is 0.354 e. The van der Waals surface area contributed by atoms with Crippen molar-refractivity contribution in [1.82, 2.24) is 19.6 Å². The van der Waals surface area contributed by atoms with E-state index in [1.165, 1.54) is 29.0 Å². The van der Waals surface area contributed by atoms with Crippen LogP contribution in [-0.2, 0) is 0 Å². The van der Waals surface area contributed by atoms with Crippen LogP contribution in [0.5, 0.6) is 0 Å². The molecule has 0 saturated heterocycles. The summed E-state index contributed by atoms with van der Waals surface area (Å²) in [5, 5.41) is 12.9. The number of rotatable bonds is 2. The Labute approximate surface area is 106 Å². The summed E-state index contributed by atoms with van der Waals surface area (Å²) in [6, 6.07) is 7.30. The van der Waals surface area contributed by atoms with E-state index < -0.39 is 11.8 Å². The third-order valence-electron chi connectivity index (χ3n) is 2.62. The van der Waals surface area contributed by atoms with Crippen LogP contribution in [0.15, 0.2) is 36.7 Å². The molecule has 2 aromatic heterocycles. The first-order chi connectivity index (χ1) is 9.16. The van der Waals surface area contributed by atoms with Gasteiger partial charge in [-0.1, -0.05) is 12.1 Å². The Kier molecular flexibility index (Phi) is 2.45. The number of aromatic carboxylic acids is 1. The highest BCUT2D eigenvalue weighted by molar-refractivity contribution is 5.87. The van der Waals surface area contributed by atoms with Crippen LogP contribution in [-0.4, -0.2) is 30.7 Å². The van der Waals surface area contributed by atoms with Gasteiger partial charge in [0, 0.05) is 5.56 Å². The molecule has 19 heavy (non-hydrogen) atoms. The molecule has 0 saturated carbocycles. The average molecular weight is 258 g/mol. The third kappa shape index (κ3) is 1.81. The van der Waals surface area contributed by atoms with Crippen LogP contribution in [0.1, 0.15) is 10.5 Å². The van der Waals surface area contributed by atoms with Crippen molar-refractivity contribution in [1.29, 1.82) is 0 Å². The highest BCUT2D eigenvalue weighted by Gasteiger charge is 2.15. The summed E-state index contributed by atoms with van der Waals surface area (Å²) in [5.74, 6) is -1.57. The van der Waals surface area contributed by atoms with Crippen molar-refractivity contribution in [3.8, 4) is 11.3 Å². The van der Waals surface area contributed by atoms with Gasteiger partial charge in [-0.2, -0.15) is 14.6 Å². The van der Waals surface area contributed by atoms with E-state index in [1.807, 2.05) is 0 Å². The van der Waals surface area contributed by atoms with Crippen molar-refractivity contribution in [2.75, 3.05) is 0 Å². The van der Waals surface area contributed by atoms with Gasteiger partial charge in [0.15, 0.2) is 5.69 Å². The fourth-order valence-electron chi connectivity index (χ4n) is 1.78. The number of nitrogens with zero attached hydrogens (tertiary/aromatic N) is 4. The fourth-order valence-corrected chi connectivity index (χ4v) is 1.78. The van der Waals surface area contributed by atoms with E-state index in [9.17, 15) is 9.18 Å². The van der Waals surface area contributed by atoms with Gasteiger partial charge in [-0.3, -0.25) is 0 Å². The first-order valence-electron chi connectivity index (χ1n) is 5.36. The summed E-state index contributed by atoms with van der Waals surface area (Å²) in [6.07, 6.45) is 1.23. The molecular weight excluding hydrogens is 251 g/mol. The van der Waals surface area contributed by atoms with E-state index >= 15 is 0 Å². The predicted molar refractivity (Wildman–Crippen MR) is 63.1 cm³/mol. The molecule has 3 rings (SSSR count). The minimum Gasteiger partial charge on any atom is -0.477 e. The second kappa shape index (κ2) is 4.13. The van der Waals surface area contributed by atoms with Crippen LogP contribution < -0.4 is 0 Å². The minimum absolute atomic E-state index is 0.109. The van der Waals surface area contributed by atoms with Crippen molar-refractivity contribution in [3.05, 3.63) is 48.2 Å². The molecule has 0 atom stereocenters. The number of benzene rings is 1. The lowest BCUT2D eigenvalue weighted by Crippen LogP contribution is -2.06. The van der Waals surface area contributed by atoms with Gasteiger partial charge in [-0.05, 0) is 18.2 Å². The Morgan fingerprint density at radius 2 is 2.11 bits per heavy atom. The number of carboxylic acid groups (broad SMARTS) is 1. The van der Waals surface area contributed by atoms with E-state index in [0.29, 0.717) is 0 Å². The van der Waals surface area contributed by atoms with Gasteiger partial charge in [0.05, 0.1) is 5.69 Å². The Balaban J connectivity index is 2.36. The maximum atomic E-state index is 13.8. The third-order valence-corrected chi connectivity index (χ3v) is 2.62. The smallest absolute Gasteiger partial charge is 0.354 e. The van der Waals surface area contributed by atoms with Gasteiger partial charge >= 0.3 is 5.97 Å². The molecular formula is C12H7FN4O2. The summed E-state index contributed by atoms with van der Waals surface area (Å²) >= 11 is 0. The summed E-state index contributed by atoms with van der Waals surface area (Å²) < 4.78 is 15.1. The van der Waals surface area contributed by atoms with Crippen molar-refractivity contribution in [3.63, 3.8) is 0 Å². The van der Waals surface area contributed by atoms with Gasteiger partial charge in [-0.15, -0.1) is 0 Å². The largest absolute Gasteiger partial charge is 0.477 e. The normalized spacial score (nSPS) is 10.8. The van der Waals surface area contributed by atoms with Gasteiger partial charge in [-0.25, -0.2) is 14.2 Å². The molecule has 0 radical (unpaired) electrons. The second-order valence-electron chi connectivity index (χ2n) is 3.78. The topological polar surface area (TPSA) is 80.4 Å². The Bertz CT molecular complexity index is 784. The number of hydrogen-bond acceptors (Lipinski definition) is 4. The SMILES string of the molecule is O=C(O)c1cc(-c2ccccc2F)n2ncnc2n1. The fraction of sp³-hybridized carbons (Fsp3) is 0. The zero-order chi connectivity index (χ0) is 13.4. The molecule has 0 fully saturated rings. The molecule has 0 aliphatic carbocycles. The quantitative estimate of drug-likeness (QED) is 0.755. The number of hydrogen-bond donors (Lipinski definition) is 1. The van der Waals surface area contributed by atoms with Crippen LogP contribution in [0.2, 0.25) is 0 Å². The van der Waals surface area contributed by atoms with Crippen molar-refractivity contribution >= 4 is 11.7 Å². The van der Waals surface area contributed by atoms with Crippen LogP contribution in [0.4, 0.5) is 4.39 Å². The molecule has 1 N–H and O–H groups in total. The Morgan fingerprint density at radius 3 is 2.84 bits per heavy atom. The van der Waals surface area contributed by atoms with Gasteiger partial charge in [0.1, 0.15) is 12.1 Å². The molecule has 3 aromatic rings. The molecule has 0 spiro atoms. The van der Waals surface area contributed by atoms with E-state index in [0.717, 1.165) is 0 Å². The summed E-state index contributed by atoms with van der Waals surface area (Å²) in [7, 11) is 0. The Morgan fingerprint density at radius 1 is 1.32 bits per heavy atom.